The number of carbonyl (C=O) groups excluding carboxylic acids is 2. The molecule has 0 aromatic heterocycles. The van der Waals surface area contributed by atoms with E-state index in [2.05, 4.69) is 0 Å². The van der Waals surface area contributed by atoms with Crippen LogP contribution in [0.3, 0.4) is 0 Å². The van der Waals surface area contributed by atoms with Gasteiger partial charge in [0.05, 0.1) is 5.02 Å². The molecule has 0 saturated heterocycles. The van der Waals surface area contributed by atoms with Gasteiger partial charge in [0.1, 0.15) is 5.75 Å². The molecule has 2 aromatic rings. The van der Waals surface area contributed by atoms with Crippen molar-refractivity contribution in [3.63, 3.8) is 0 Å². The first-order chi connectivity index (χ1) is 12.1. The molecule has 0 fully saturated rings. The first kappa shape index (κ1) is 17.3. The van der Waals surface area contributed by atoms with Crippen LogP contribution in [-0.4, -0.2) is 31.1 Å². The minimum absolute atomic E-state index is 0.240. The third kappa shape index (κ3) is 3.94. The molecule has 0 unspecified atom stereocenters. The van der Waals surface area contributed by atoms with E-state index in [0.717, 1.165) is 17.7 Å². The van der Waals surface area contributed by atoms with Crippen LogP contribution in [0.2, 0.25) is 5.02 Å². The van der Waals surface area contributed by atoms with Crippen LogP contribution < -0.4 is 9.64 Å². The van der Waals surface area contributed by atoms with Crippen LogP contribution in [0.25, 0.3) is 0 Å². The lowest BCUT2D eigenvalue weighted by atomic mass is 10.2. The molecule has 1 heterocycles. The van der Waals surface area contributed by atoms with E-state index in [9.17, 15) is 9.59 Å². The molecule has 130 valence electrons. The summed E-state index contributed by atoms with van der Waals surface area (Å²) in [6.07, 6.45) is -0.0773. The summed E-state index contributed by atoms with van der Waals surface area (Å²) in [5.74, 6) is -0.460. The van der Waals surface area contributed by atoms with E-state index in [1.165, 1.54) is 0 Å². The van der Waals surface area contributed by atoms with E-state index in [1.54, 1.807) is 36.1 Å². The minimum atomic E-state index is -0.881. The van der Waals surface area contributed by atoms with Crippen molar-refractivity contribution in [2.45, 2.75) is 19.4 Å². The molecule has 0 bridgehead atoms. The number of anilines is 1. The Morgan fingerprint density at radius 2 is 1.88 bits per heavy atom. The molecule has 5 nitrogen and oxygen atoms in total. The van der Waals surface area contributed by atoms with E-state index < -0.39 is 12.1 Å². The first-order valence-corrected chi connectivity index (χ1v) is 8.40. The standard InChI is InChI=1S/C19H18ClNO4/c1-13(19(23)21-11-10-14-6-2-4-8-16(14)21)25-18(22)12-24-17-9-5-3-7-15(17)20/h2-9,13H,10-12H2,1H3/t13-/m0/s1. The molecule has 6 heteroatoms. The van der Waals surface area contributed by atoms with Gasteiger partial charge in [0.15, 0.2) is 12.7 Å². The van der Waals surface area contributed by atoms with E-state index >= 15 is 0 Å². The fourth-order valence-electron chi connectivity index (χ4n) is 2.77. The molecular formula is C19H18ClNO4. The van der Waals surface area contributed by atoms with Crippen LogP contribution in [0.5, 0.6) is 5.75 Å². The normalized spacial score (nSPS) is 13.9. The summed E-state index contributed by atoms with van der Waals surface area (Å²) >= 11 is 5.96. The third-order valence-corrected chi connectivity index (χ3v) is 4.30. The van der Waals surface area contributed by atoms with Crippen LogP contribution in [0.4, 0.5) is 5.69 Å². The van der Waals surface area contributed by atoms with Crippen molar-refractivity contribution in [1.29, 1.82) is 0 Å². The number of halogens is 1. The Morgan fingerprint density at radius 1 is 1.16 bits per heavy atom. The van der Waals surface area contributed by atoms with Gasteiger partial charge in [0, 0.05) is 12.2 Å². The molecule has 0 N–H and O–H groups in total. The topological polar surface area (TPSA) is 55.8 Å². The van der Waals surface area contributed by atoms with Crippen molar-refractivity contribution >= 4 is 29.2 Å². The average molecular weight is 360 g/mol. The van der Waals surface area contributed by atoms with Gasteiger partial charge in [-0.3, -0.25) is 4.79 Å². The monoisotopic (exact) mass is 359 g/mol. The summed E-state index contributed by atoms with van der Waals surface area (Å²) in [6.45, 7) is 1.85. The number of esters is 1. The Kier molecular flexibility index (Phi) is 5.24. The van der Waals surface area contributed by atoms with Gasteiger partial charge in [-0.2, -0.15) is 0 Å². The molecule has 1 amide bonds. The van der Waals surface area contributed by atoms with E-state index in [1.807, 2.05) is 24.3 Å². The molecule has 2 aromatic carbocycles. The van der Waals surface area contributed by atoms with E-state index in [0.29, 0.717) is 17.3 Å². The van der Waals surface area contributed by atoms with Crippen LogP contribution in [-0.2, 0) is 20.7 Å². The minimum Gasteiger partial charge on any atom is -0.480 e. The summed E-state index contributed by atoms with van der Waals surface area (Å²) in [5, 5.41) is 0.410. The smallest absolute Gasteiger partial charge is 0.344 e. The second-order valence-corrected chi connectivity index (χ2v) is 6.13. The zero-order valence-electron chi connectivity index (χ0n) is 13.8. The average Bonchev–Trinajstić information content (AvgIpc) is 3.04. The van der Waals surface area contributed by atoms with Crippen molar-refractivity contribution in [3.05, 3.63) is 59.1 Å². The van der Waals surface area contributed by atoms with E-state index in [4.69, 9.17) is 21.1 Å². The largest absolute Gasteiger partial charge is 0.480 e. The summed E-state index contributed by atoms with van der Waals surface area (Å²) in [5.41, 5.74) is 2.00. The second-order valence-electron chi connectivity index (χ2n) is 5.72. The fraction of sp³-hybridized carbons (Fsp3) is 0.263. The van der Waals surface area contributed by atoms with Gasteiger partial charge in [-0.05, 0) is 37.1 Å². The van der Waals surface area contributed by atoms with Crippen molar-refractivity contribution in [3.8, 4) is 5.75 Å². The summed E-state index contributed by atoms with van der Waals surface area (Å²) in [7, 11) is 0. The van der Waals surface area contributed by atoms with Crippen molar-refractivity contribution in [2.24, 2.45) is 0 Å². The maximum Gasteiger partial charge on any atom is 0.344 e. The van der Waals surface area contributed by atoms with Gasteiger partial charge in [-0.25, -0.2) is 4.79 Å². The maximum absolute atomic E-state index is 12.6. The number of ether oxygens (including phenoxy) is 2. The maximum atomic E-state index is 12.6. The molecule has 1 aliphatic rings. The zero-order chi connectivity index (χ0) is 17.8. The summed E-state index contributed by atoms with van der Waals surface area (Å²) in [6, 6.07) is 14.6. The number of para-hydroxylation sites is 2. The highest BCUT2D eigenvalue weighted by Gasteiger charge is 2.29. The van der Waals surface area contributed by atoms with E-state index in [-0.39, 0.29) is 12.5 Å². The van der Waals surface area contributed by atoms with Gasteiger partial charge < -0.3 is 14.4 Å². The fourth-order valence-corrected chi connectivity index (χ4v) is 2.96. The quantitative estimate of drug-likeness (QED) is 0.769. The molecule has 3 rings (SSSR count). The Hall–Kier alpha value is -2.53. The predicted octanol–water partition coefficient (Wildman–Crippen LogP) is 3.24. The van der Waals surface area contributed by atoms with Gasteiger partial charge in [-0.1, -0.05) is 41.9 Å². The number of hydrogen-bond donors (Lipinski definition) is 0. The highest BCUT2D eigenvalue weighted by molar-refractivity contribution is 6.32. The Bertz CT molecular complexity index is 792. The number of amides is 1. The van der Waals surface area contributed by atoms with Crippen molar-refractivity contribution < 1.29 is 19.1 Å². The number of carbonyl (C=O) groups is 2. The highest BCUT2D eigenvalue weighted by Crippen LogP contribution is 2.28. The molecule has 1 atom stereocenters. The number of benzene rings is 2. The van der Waals surface area contributed by atoms with Gasteiger partial charge >= 0.3 is 5.97 Å². The molecule has 0 aliphatic carbocycles. The zero-order valence-corrected chi connectivity index (χ0v) is 14.5. The van der Waals surface area contributed by atoms with Crippen molar-refractivity contribution in [2.75, 3.05) is 18.1 Å². The molecule has 0 saturated carbocycles. The lowest BCUT2D eigenvalue weighted by Gasteiger charge is -2.21. The Morgan fingerprint density at radius 3 is 2.68 bits per heavy atom. The number of nitrogens with zero attached hydrogens (tertiary/aromatic N) is 1. The molecule has 0 radical (unpaired) electrons. The summed E-state index contributed by atoms with van der Waals surface area (Å²) < 4.78 is 10.5. The number of hydrogen-bond acceptors (Lipinski definition) is 4. The Labute approximate surface area is 151 Å². The predicted molar refractivity (Wildman–Crippen MR) is 95.0 cm³/mol. The molecule has 25 heavy (non-hydrogen) atoms. The van der Waals surface area contributed by atoms with Crippen LogP contribution >= 0.6 is 11.6 Å². The number of fused-ring (bicyclic) bond motifs is 1. The first-order valence-electron chi connectivity index (χ1n) is 8.02. The van der Waals surface area contributed by atoms with Gasteiger partial charge in [0.25, 0.3) is 5.91 Å². The SMILES string of the molecule is C[C@H](OC(=O)COc1ccccc1Cl)C(=O)N1CCc2ccccc21. The molecule has 1 aliphatic heterocycles. The third-order valence-electron chi connectivity index (χ3n) is 3.99. The summed E-state index contributed by atoms with van der Waals surface area (Å²) in [4.78, 5) is 26.2. The van der Waals surface area contributed by atoms with Gasteiger partial charge in [0.2, 0.25) is 0 Å². The molecule has 0 spiro atoms. The highest BCUT2D eigenvalue weighted by atomic mass is 35.5. The molecular weight excluding hydrogens is 342 g/mol. The lowest BCUT2D eigenvalue weighted by Crippen LogP contribution is -2.39. The second kappa shape index (κ2) is 7.57. The Balaban J connectivity index is 1.55. The van der Waals surface area contributed by atoms with Crippen LogP contribution in [0.1, 0.15) is 12.5 Å². The van der Waals surface area contributed by atoms with Gasteiger partial charge in [-0.15, -0.1) is 0 Å². The van der Waals surface area contributed by atoms with Crippen LogP contribution in [0, 0.1) is 0 Å². The number of rotatable bonds is 5. The van der Waals surface area contributed by atoms with Crippen molar-refractivity contribution in [1.82, 2.24) is 0 Å². The lowest BCUT2D eigenvalue weighted by molar-refractivity contribution is -0.155. The van der Waals surface area contributed by atoms with Crippen LogP contribution in [0.15, 0.2) is 48.5 Å².